The smallest absolute Gasteiger partial charge is 0.351 e. The zero-order valence-corrected chi connectivity index (χ0v) is 15.9. The second-order valence-corrected chi connectivity index (χ2v) is 7.18. The Hall–Kier alpha value is -2.91. The highest BCUT2D eigenvalue weighted by Crippen LogP contribution is 2.40. The van der Waals surface area contributed by atoms with Gasteiger partial charge in [0.2, 0.25) is 5.76 Å². The molecular weight excluding hydrogens is 389 g/mol. The Bertz CT molecular complexity index is 1060. The van der Waals surface area contributed by atoms with Crippen molar-refractivity contribution >= 4 is 17.0 Å². The molecule has 0 aromatic carbocycles. The van der Waals surface area contributed by atoms with Gasteiger partial charge >= 0.3 is 6.18 Å². The van der Waals surface area contributed by atoms with Crippen molar-refractivity contribution in [3.05, 3.63) is 40.5 Å². The quantitative estimate of drug-likeness (QED) is 0.648. The minimum absolute atomic E-state index is 0.110. The van der Waals surface area contributed by atoms with Crippen LogP contribution < -0.4 is 0 Å². The van der Waals surface area contributed by atoms with Crippen LogP contribution in [0.3, 0.4) is 0 Å². The average Bonchev–Trinajstić information content (AvgIpc) is 3.32. The summed E-state index contributed by atoms with van der Waals surface area (Å²) in [5, 5.41) is 7.52. The minimum atomic E-state index is -4.56. The summed E-state index contributed by atoms with van der Waals surface area (Å²) in [6.07, 6.45) is -3.00. The standard InChI is InChI=1S/C19H19F3N4O3/c1-3-12-8-13(19(20,21)22)15-16(25-29-17(15)23-12)11-5-4-6-26(9-11)18(27)14-7-10(2)24-28-14/h7-8,11H,3-6,9H2,1-2H3/t11-/m0/s1. The van der Waals surface area contributed by atoms with E-state index in [0.717, 1.165) is 6.07 Å². The number of nitrogens with zero attached hydrogens (tertiary/aromatic N) is 4. The number of carbonyl (C=O) groups is 1. The van der Waals surface area contributed by atoms with E-state index in [1.807, 2.05) is 0 Å². The van der Waals surface area contributed by atoms with Crippen LogP contribution in [0, 0.1) is 6.92 Å². The molecule has 3 aromatic heterocycles. The third-order valence-corrected chi connectivity index (χ3v) is 5.13. The molecule has 0 aliphatic carbocycles. The molecule has 3 aromatic rings. The molecule has 4 heterocycles. The van der Waals surface area contributed by atoms with E-state index in [9.17, 15) is 18.0 Å². The first kappa shape index (κ1) is 19.4. The lowest BCUT2D eigenvalue weighted by Gasteiger charge is -2.31. The highest BCUT2D eigenvalue weighted by atomic mass is 19.4. The Kier molecular flexibility index (Phi) is 4.79. The Labute approximate surface area is 163 Å². The molecule has 29 heavy (non-hydrogen) atoms. The van der Waals surface area contributed by atoms with Crippen LogP contribution >= 0.6 is 0 Å². The van der Waals surface area contributed by atoms with Crippen molar-refractivity contribution in [2.45, 2.75) is 45.2 Å². The minimum Gasteiger partial charge on any atom is -0.351 e. The molecule has 1 fully saturated rings. The summed E-state index contributed by atoms with van der Waals surface area (Å²) in [6, 6.07) is 2.58. The van der Waals surface area contributed by atoms with Crippen LogP contribution in [0.25, 0.3) is 11.1 Å². The van der Waals surface area contributed by atoms with Crippen LogP contribution in [0.2, 0.25) is 0 Å². The van der Waals surface area contributed by atoms with Gasteiger partial charge in [0.25, 0.3) is 11.6 Å². The summed E-state index contributed by atoms with van der Waals surface area (Å²) in [5.74, 6) is -0.628. The average molecular weight is 408 g/mol. The van der Waals surface area contributed by atoms with Crippen LogP contribution in [-0.2, 0) is 12.6 Å². The number of alkyl halides is 3. The largest absolute Gasteiger partial charge is 0.417 e. The molecule has 0 radical (unpaired) electrons. The molecule has 1 saturated heterocycles. The molecule has 0 spiro atoms. The lowest BCUT2D eigenvalue weighted by atomic mass is 9.91. The molecule has 4 rings (SSSR count). The van der Waals surface area contributed by atoms with Crippen LogP contribution in [0.4, 0.5) is 13.2 Å². The predicted molar refractivity (Wildman–Crippen MR) is 95.3 cm³/mol. The normalized spacial score (nSPS) is 17.8. The number of hydrogen-bond donors (Lipinski definition) is 0. The number of fused-ring (bicyclic) bond motifs is 1. The number of halogens is 3. The van der Waals surface area contributed by atoms with Gasteiger partial charge in [-0.15, -0.1) is 0 Å². The van der Waals surface area contributed by atoms with Gasteiger partial charge in [0.15, 0.2) is 0 Å². The van der Waals surface area contributed by atoms with Gasteiger partial charge in [-0.2, -0.15) is 13.2 Å². The summed E-state index contributed by atoms with van der Waals surface area (Å²) in [5.41, 5.74) is 0.130. The van der Waals surface area contributed by atoms with Crippen molar-refractivity contribution in [2.24, 2.45) is 0 Å². The van der Waals surface area contributed by atoms with Gasteiger partial charge in [0, 0.05) is 30.8 Å². The second-order valence-electron chi connectivity index (χ2n) is 7.18. The van der Waals surface area contributed by atoms with Crippen LogP contribution in [0.5, 0.6) is 0 Å². The van der Waals surface area contributed by atoms with Gasteiger partial charge in [-0.05, 0) is 32.3 Å². The molecule has 1 aliphatic rings. The molecule has 0 saturated carbocycles. The number of pyridine rings is 1. The Balaban J connectivity index is 1.70. The predicted octanol–water partition coefficient (Wildman–Crippen LogP) is 4.12. The zero-order valence-electron chi connectivity index (χ0n) is 15.9. The number of amides is 1. The highest BCUT2D eigenvalue weighted by Gasteiger charge is 2.38. The maximum absolute atomic E-state index is 13.7. The molecule has 10 heteroatoms. The van der Waals surface area contributed by atoms with Crippen molar-refractivity contribution in [1.29, 1.82) is 0 Å². The number of rotatable bonds is 3. The van der Waals surface area contributed by atoms with Crippen LogP contribution in [0.1, 0.15) is 58.9 Å². The summed E-state index contributed by atoms with van der Waals surface area (Å²) in [6.45, 7) is 4.13. The third-order valence-electron chi connectivity index (χ3n) is 5.13. The summed E-state index contributed by atoms with van der Waals surface area (Å²) >= 11 is 0. The van der Waals surface area contributed by atoms with Crippen molar-refractivity contribution in [2.75, 3.05) is 13.1 Å². The second kappa shape index (κ2) is 7.16. The Morgan fingerprint density at radius 3 is 2.72 bits per heavy atom. The van der Waals surface area contributed by atoms with Crippen LogP contribution in [-0.4, -0.2) is 39.2 Å². The lowest BCUT2D eigenvalue weighted by Crippen LogP contribution is -2.39. The topological polar surface area (TPSA) is 85.3 Å². The maximum Gasteiger partial charge on any atom is 0.417 e. The summed E-state index contributed by atoms with van der Waals surface area (Å²) in [4.78, 5) is 18.4. The van der Waals surface area contributed by atoms with E-state index in [1.54, 1.807) is 18.7 Å². The molecule has 0 unspecified atom stereocenters. The van der Waals surface area contributed by atoms with E-state index in [2.05, 4.69) is 15.3 Å². The van der Waals surface area contributed by atoms with Crippen molar-refractivity contribution in [3.8, 4) is 0 Å². The van der Waals surface area contributed by atoms with E-state index in [0.29, 0.717) is 31.5 Å². The highest BCUT2D eigenvalue weighted by molar-refractivity contribution is 5.91. The Morgan fingerprint density at radius 1 is 1.28 bits per heavy atom. The third kappa shape index (κ3) is 3.58. The lowest BCUT2D eigenvalue weighted by molar-refractivity contribution is -0.136. The van der Waals surface area contributed by atoms with Gasteiger partial charge in [-0.25, -0.2) is 4.98 Å². The van der Waals surface area contributed by atoms with Gasteiger partial charge in [-0.1, -0.05) is 17.2 Å². The first-order valence-corrected chi connectivity index (χ1v) is 9.37. The molecule has 7 nitrogen and oxygen atoms in total. The fourth-order valence-corrected chi connectivity index (χ4v) is 3.71. The maximum atomic E-state index is 13.7. The van der Waals surface area contributed by atoms with Crippen molar-refractivity contribution in [3.63, 3.8) is 0 Å². The number of aryl methyl sites for hydroxylation is 2. The SMILES string of the molecule is CCc1cc(C(F)(F)F)c2c([C@H]3CCCN(C(=O)c4cc(C)no4)C3)noc2n1. The first-order valence-electron chi connectivity index (χ1n) is 9.37. The molecule has 1 atom stereocenters. The molecule has 1 amide bonds. The van der Waals surface area contributed by atoms with E-state index >= 15 is 0 Å². The van der Waals surface area contributed by atoms with Gasteiger partial charge in [0.05, 0.1) is 22.3 Å². The van der Waals surface area contributed by atoms with Crippen LogP contribution in [0.15, 0.2) is 21.2 Å². The fraction of sp³-hybridized carbons (Fsp3) is 0.474. The van der Waals surface area contributed by atoms with Gasteiger partial charge < -0.3 is 13.9 Å². The number of aromatic nitrogens is 3. The zero-order chi connectivity index (χ0) is 20.8. The molecular formula is C19H19F3N4O3. The molecule has 154 valence electrons. The molecule has 0 bridgehead atoms. The van der Waals surface area contributed by atoms with Gasteiger partial charge in [-0.3, -0.25) is 4.79 Å². The number of hydrogen-bond acceptors (Lipinski definition) is 6. The van der Waals surface area contributed by atoms with E-state index in [1.165, 1.54) is 6.07 Å². The fourth-order valence-electron chi connectivity index (χ4n) is 3.71. The molecule has 1 aliphatic heterocycles. The summed E-state index contributed by atoms with van der Waals surface area (Å²) < 4.78 is 51.3. The molecule has 0 N–H and O–H groups in total. The van der Waals surface area contributed by atoms with Crippen molar-refractivity contribution < 1.29 is 27.0 Å². The van der Waals surface area contributed by atoms with Gasteiger partial charge in [0.1, 0.15) is 0 Å². The van der Waals surface area contributed by atoms with E-state index in [4.69, 9.17) is 9.05 Å². The van der Waals surface area contributed by atoms with E-state index < -0.39 is 17.7 Å². The number of carbonyl (C=O) groups excluding carboxylic acids is 1. The number of piperidine rings is 1. The van der Waals surface area contributed by atoms with Crippen molar-refractivity contribution in [1.82, 2.24) is 20.2 Å². The first-order chi connectivity index (χ1) is 13.8. The summed E-state index contributed by atoms with van der Waals surface area (Å²) in [7, 11) is 0. The van der Waals surface area contributed by atoms with E-state index in [-0.39, 0.29) is 40.7 Å². The Morgan fingerprint density at radius 2 is 2.07 bits per heavy atom. The monoisotopic (exact) mass is 408 g/mol. The number of likely N-dealkylation sites (tertiary alicyclic amines) is 1.